The van der Waals surface area contributed by atoms with Crippen LogP contribution in [0.15, 0.2) is 47.6 Å². The molecule has 164 valence electrons. The third kappa shape index (κ3) is 4.66. The lowest BCUT2D eigenvalue weighted by molar-refractivity contribution is -0.384. The fourth-order valence-electron chi connectivity index (χ4n) is 3.68. The van der Waals surface area contributed by atoms with Crippen LogP contribution in [0.5, 0.6) is 5.75 Å². The fraction of sp³-hybridized carbons (Fsp3) is 0.364. The van der Waals surface area contributed by atoms with Gasteiger partial charge >= 0.3 is 0 Å². The van der Waals surface area contributed by atoms with Crippen molar-refractivity contribution in [2.45, 2.75) is 44.9 Å². The number of imidazole rings is 1. The lowest BCUT2D eigenvalue weighted by Crippen LogP contribution is -2.43. The topological polar surface area (TPSA) is 90.5 Å². The second-order valence-electron chi connectivity index (χ2n) is 7.61. The monoisotopic (exact) mass is 442 g/mol. The quantitative estimate of drug-likeness (QED) is 0.286. The number of non-ortho nitro benzene ring substituents is 1. The van der Waals surface area contributed by atoms with Crippen LogP contribution in [0.1, 0.15) is 27.7 Å². The van der Waals surface area contributed by atoms with E-state index >= 15 is 0 Å². The molecule has 0 saturated heterocycles. The number of nitro benzene ring substituents is 1. The second-order valence-corrected chi connectivity index (χ2v) is 8.55. The number of carbonyl (C=O) groups is 1. The summed E-state index contributed by atoms with van der Waals surface area (Å²) < 4.78 is 7.40. The molecule has 0 fully saturated rings. The van der Waals surface area contributed by atoms with E-state index in [4.69, 9.17) is 4.74 Å². The van der Waals surface area contributed by atoms with Crippen LogP contribution in [-0.4, -0.2) is 50.2 Å². The number of benzene rings is 2. The Hall–Kier alpha value is -3.07. The van der Waals surface area contributed by atoms with Crippen LogP contribution in [0, 0.1) is 10.1 Å². The van der Waals surface area contributed by atoms with E-state index in [9.17, 15) is 14.9 Å². The maximum atomic E-state index is 12.9. The van der Waals surface area contributed by atoms with Gasteiger partial charge in [0, 0.05) is 24.2 Å². The number of fused-ring (bicyclic) bond motifs is 1. The van der Waals surface area contributed by atoms with Gasteiger partial charge in [0.1, 0.15) is 5.75 Å². The Kier molecular flexibility index (Phi) is 6.84. The van der Waals surface area contributed by atoms with Crippen LogP contribution >= 0.6 is 11.8 Å². The molecule has 0 atom stereocenters. The van der Waals surface area contributed by atoms with Gasteiger partial charge in [-0.25, -0.2) is 4.98 Å². The van der Waals surface area contributed by atoms with Gasteiger partial charge < -0.3 is 9.64 Å². The number of aromatic nitrogens is 2. The first-order valence-electron chi connectivity index (χ1n) is 9.98. The average molecular weight is 443 g/mol. The predicted molar refractivity (Wildman–Crippen MR) is 122 cm³/mol. The van der Waals surface area contributed by atoms with Crippen molar-refractivity contribution in [2.24, 2.45) is 0 Å². The van der Waals surface area contributed by atoms with Gasteiger partial charge in [0.25, 0.3) is 5.69 Å². The molecule has 0 unspecified atom stereocenters. The van der Waals surface area contributed by atoms with Crippen LogP contribution in [0.25, 0.3) is 16.7 Å². The first-order chi connectivity index (χ1) is 14.7. The van der Waals surface area contributed by atoms with Crippen molar-refractivity contribution in [1.29, 1.82) is 0 Å². The number of carbonyl (C=O) groups excluding carboxylic acids is 1. The van der Waals surface area contributed by atoms with E-state index in [0.29, 0.717) is 21.9 Å². The fourth-order valence-corrected chi connectivity index (χ4v) is 4.57. The Balaban J connectivity index is 2.07. The number of thioether (sulfide) groups is 1. The lowest BCUT2D eigenvalue weighted by atomic mass is 10.2. The van der Waals surface area contributed by atoms with Gasteiger partial charge in [0.15, 0.2) is 5.16 Å². The molecule has 0 saturated carbocycles. The molecule has 0 aliphatic heterocycles. The van der Waals surface area contributed by atoms with Crippen molar-refractivity contribution in [3.8, 4) is 11.4 Å². The first kappa shape index (κ1) is 22.6. The van der Waals surface area contributed by atoms with Crippen LogP contribution in [-0.2, 0) is 4.79 Å². The van der Waals surface area contributed by atoms with Crippen LogP contribution in [0.2, 0.25) is 0 Å². The van der Waals surface area contributed by atoms with E-state index in [1.54, 1.807) is 13.2 Å². The van der Waals surface area contributed by atoms with Crippen molar-refractivity contribution >= 4 is 34.4 Å². The lowest BCUT2D eigenvalue weighted by Gasteiger charge is -2.30. The number of para-hydroxylation sites is 2. The van der Waals surface area contributed by atoms with E-state index in [1.165, 1.54) is 23.9 Å². The molecule has 1 aromatic heterocycles. The minimum atomic E-state index is -0.443. The highest BCUT2D eigenvalue weighted by molar-refractivity contribution is 7.99. The number of rotatable bonds is 8. The molecule has 0 radical (unpaired) electrons. The van der Waals surface area contributed by atoms with Gasteiger partial charge in [-0.05, 0) is 45.9 Å². The molecule has 1 heterocycles. The third-order valence-corrected chi connectivity index (χ3v) is 5.79. The SMILES string of the molecule is COc1ccccc1-n1c(SCC(=O)N(C(C)C)C(C)C)nc2cc([N+](=O)[O-])ccc21. The van der Waals surface area contributed by atoms with Crippen LogP contribution < -0.4 is 4.74 Å². The van der Waals surface area contributed by atoms with E-state index < -0.39 is 4.92 Å². The summed E-state index contributed by atoms with van der Waals surface area (Å²) in [5.41, 5.74) is 1.91. The molecule has 0 N–H and O–H groups in total. The molecule has 3 rings (SSSR count). The summed E-state index contributed by atoms with van der Waals surface area (Å²) in [5.74, 6) is 0.857. The average Bonchev–Trinajstić information content (AvgIpc) is 3.08. The van der Waals surface area contributed by atoms with Gasteiger partial charge in [-0.1, -0.05) is 23.9 Å². The third-order valence-electron chi connectivity index (χ3n) is 4.87. The molecule has 8 nitrogen and oxygen atoms in total. The van der Waals surface area contributed by atoms with E-state index in [2.05, 4.69) is 4.98 Å². The van der Waals surface area contributed by atoms with Gasteiger partial charge in [-0.3, -0.25) is 19.5 Å². The Labute approximate surface area is 185 Å². The van der Waals surface area contributed by atoms with E-state index in [-0.39, 0.29) is 29.4 Å². The summed E-state index contributed by atoms with van der Waals surface area (Å²) in [5, 5.41) is 11.8. The molecule has 31 heavy (non-hydrogen) atoms. The Morgan fingerprint density at radius 3 is 2.48 bits per heavy atom. The standard InChI is InChI=1S/C22H26N4O4S/c1-14(2)24(15(3)4)21(27)13-31-22-23-17-12-16(26(28)29)10-11-18(17)25(22)19-8-6-7-9-20(19)30-5/h6-12,14-15H,13H2,1-5H3. The van der Waals surface area contributed by atoms with Crippen molar-refractivity contribution in [2.75, 3.05) is 12.9 Å². The van der Waals surface area contributed by atoms with Crippen LogP contribution in [0.3, 0.4) is 0 Å². The Bertz CT molecular complexity index is 1100. The highest BCUT2D eigenvalue weighted by Gasteiger charge is 2.23. The highest BCUT2D eigenvalue weighted by atomic mass is 32.2. The van der Waals surface area contributed by atoms with Crippen LogP contribution in [0.4, 0.5) is 5.69 Å². The number of amides is 1. The molecule has 9 heteroatoms. The molecule has 1 amide bonds. The summed E-state index contributed by atoms with van der Waals surface area (Å²) >= 11 is 1.31. The van der Waals surface area contributed by atoms with Crippen molar-refractivity contribution < 1.29 is 14.5 Å². The molecule has 0 aliphatic rings. The first-order valence-corrected chi connectivity index (χ1v) is 11.0. The zero-order valence-electron chi connectivity index (χ0n) is 18.2. The second kappa shape index (κ2) is 9.38. The van der Waals surface area contributed by atoms with Gasteiger partial charge in [-0.2, -0.15) is 0 Å². The number of hydrogen-bond acceptors (Lipinski definition) is 6. The maximum Gasteiger partial charge on any atom is 0.271 e. The number of nitro groups is 1. The normalized spacial score (nSPS) is 11.3. The molecule has 0 aliphatic carbocycles. The number of nitrogens with zero attached hydrogens (tertiary/aromatic N) is 4. The number of methoxy groups -OCH3 is 1. The largest absolute Gasteiger partial charge is 0.495 e. The summed E-state index contributed by atoms with van der Waals surface area (Å²) in [6, 6.07) is 12.2. The number of hydrogen-bond donors (Lipinski definition) is 0. The van der Waals surface area contributed by atoms with Crippen molar-refractivity contribution in [3.05, 3.63) is 52.6 Å². The minimum Gasteiger partial charge on any atom is -0.495 e. The maximum absolute atomic E-state index is 12.9. The molecule has 3 aromatic rings. The highest BCUT2D eigenvalue weighted by Crippen LogP contribution is 2.34. The molecule has 2 aromatic carbocycles. The van der Waals surface area contributed by atoms with Gasteiger partial charge in [0.05, 0.1) is 34.5 Å². The van der Waals surface area contributed by atoms with E-state index in [1.807, 2.05) is 61.4 Å². The van der Waals surface area contributed by atoms with Gasteiger partial charge in [0.2, 0.25) is 5.91 Å². The zero-order chi connectivity index (χ0) is 22.7. The molecular weight excluding hydrogens is 416 g/mol. The Morgan fingerprint density at radius 1 is 1.19 bits per heavy atom. The van der Waals surface area contributed by atoms with Crippen molar-refractivity contribution in [1.82, 2.24) is 14.5 Å². The van der Waals surface area contributed by atoms with Crippen molar-refractivity contribution in [3.63, 3.8) is 0 Å². The minimum absolute atomic E-state index is 0.0135. The predicted octanol–water partition coefficient (Wildman–Crippen LogP) is 4.68. The van der Waals surface area contributed by atoms with Gasteiger partial charge in [-0.15, -0.1) is 0 Å². The summed E-state index contributed by atoms with van der Waals surface area (Å²) in [7, 11) is 1.59. The smallest absolute Gasteiger partial charge is 0.271 e. The summed E-state index contributed by atoms with van der Waals surface area (Å²) in [4.78, 5) is 30.1. The summed E-state index contributed by atoms with van der Waals surface area (Å²) in [6.07, 6.45) is 0. The molecular formula is C22H26N4O4S. The molecule has 0 spiro atoms. The summed E-state index contributed by atoms with van der Waals surface area (Å²) in [6.45, 7) is 7.97. The van der Waals surface area contributed by atoms with E-state index in [0.717, 1.165) is 5.69 Å². The number of ether oxygens (including phenoxy) is 1. The zero-order valence-corrected chi connectivity index (χ0v) is 19.0. The Morgan fingerprint density at radius 2 is 1.87 bits per heavy atom. The molecule has 0 bridgehead atoms.